The lowest BCUT2D eigenvalue weighted by molar-refractivity contribution is -0.135. The first-order valence-electron chi connectivity index (χ1n) is 8.50. The van der Waals surface area contributed by atoms with E-state index in [0.717, 1.165) is 5.69 Å². The molecule has 6 nitrogen and oxygen atoms in total. The molecule has 132 valence electrons. The van der Waals surface area contributed by atoms with E-state index in [2.05, 4.69) is 19.0 Å². The topological polar surface area (TPSA) is 66.7 Å². The molecule has 0 saturated carbocycles. The van der Waals surface area contributed by atoms with E-state index in [-0.39, 0.29) is 24.2 Å². The summed E-state index contributed by atoms with van der Waals surface area (Å²) in [5, 5.41) is 3.82. The molecule has 1 saturated heterocycles. The molecule has 1 aliphatic heterocycles. The summed E-state index contributed by atoms with van der Waals surface area (Å²) in [6.45, 7) is 5.07. The Morgan fingerprint density at radius 3 is 2.64 bits per heavy atom. The molecule has 3 rings (SSSR count). The number of nitrogens with zero attached hydrogens (tertiary/aromatic N) is 3. The predicted octanol–water partition coefficient (Wildman–Crippen LogP) is 2.81. The zero-order valence-corrected chi connectivity index (χ0v) is 14.8. The molecule has 1 unspecified atom stereocenters. The first kappa shape index (κ1) is 17.2. The molecule has 1 atom stereocenters. The maximum absolute atomic E-state index is 12.6. The molecule has 2 amide bonds. The van der Waals surface area contributed by atoms with E-state index in [4.69, 9.17) is 4.52 Å². The highest BCUT2D eigenvalue weighted by Crippen LogP contribution is 2.27. The number of amides is 2. The Balaban J connectivity index is 1.66. The fourth-order valence-corrected chi connectivity index (χ4v) is 3.11. The molecule has 1 aromatic heterocycles. The van der Waals surface area contributed by atoms with E-state index in [9.17, 15) is 9.59 Å². The Morgan fingerprint density at radius 1 is 1.32 bits per heavy atom. The van der Waals surface area contributed by atoms with Gasteiger partial charge in [-0.2, -0.15) is 0 Å². The van der Waals surface area contributed by atoms with E-state index >= 15 is 0 Å². The molecule has 1 aromatic carbocycles. The third kappa shape index (κ3) is 3.73. The molecule has 1 fully saturated rings. The minimum absolute atomic E-state index is 0.00881. The second-order valence-electron chi connectivity index (χ2n) is 6.84. The van der Waals surface area contributed by atoms with Crippen molar-refractivity contribution in [3.05, 3.63) is 47.9 Å². The van der Waals surface area contributed by atoms with Crippen molar-refractivity contribution in [2.45, 2.75) is 32.7 Å². The van der Waals surface area contributed by atoms with E-state index in [0.29, 0.717) is 24.7 Å². The van der Waals surface area contributed by atoms with Crippen LogP contribution < -0.4 is 4.90 Å². The van der Waals surface area contributed by atoms with Gasteiger partial charge in [-0.1, -0.05) is 31.1 Å². The normalized spacial score (nSPS) is 17.4. The SMILES string of the molecule is CC(C)c1ccc(N2CC(C(=O)N(C)Cc3ccon3)CC2=O)cc1. The summed E-state index contributed by atoms with van der Waals surface area (Å²) in [7, 11) is 1.72. The van der Waals surface area contributed by atoms with Crippen LogP contribution >= 0.6 is 0 Å². The van der Waals surface area contributed by atoms with Crippen LogP contribution in [0.2, 0.25) is 0 Å². The molecule has 2 aromatic rings. The largest absolute Gasteiger partial charge is 0.364 e. The molecule has 25 heavy (non-hydrogen) atoms. The Hall–Kier alpha value is -2.63. The van der Waals surface area contributed by atoms with Gasteiger partial charge in [-0.15, -0.1) is 0 Å². The molecule has 0 aliphatic carbocycles. The molecule has 0 N–H and O–H groups in total. The van der Waals surface area contributed by atoms with Crippen LogP contribution in [0.1, 0.15) is 37.4 Å². The number of aromatic nitrogens is 1. The predicted molar refractivity (Wildman–Crippen MR) is 94.0 cm³/mol. The van der Waals surface area contributed by atoms with Gasteiger partial charge in [-0.05, 0) is 23.6 Å². The van der Waals surface area contributed by atoms with Crippen LogP contribution in [0.3, 0.4) is 0 Å². The summed E-state index contributed by atoms with van der Waals surface area (Å²) in [4.78, 5) is 28.3. The lowest BCUT2D eigenvalue weighted by Crippen LogP contribution is -2.34. The van der Waals surface area contributed by atoms with Crippen molar-refractivity contribution < 1.29 is 14.1 Å². The van der Waals surface area contributed by atoms with Crippen molar-refractivity contribution in [1.82, 2.24) is 10.1 Å². The van der Waals surface area contributed by atoms with Crippen molar-refractivity contribution >= 4 is 17.5 Å². The van der Waals surface area contributed by atoms with Crippen LogP contribution in [0.4, 0.5) is 5.69 Å². The fourth-order valence-electron chi connectivity index (χ4n) is 3.11. The lowest BCUT2D eigenvalue weighted by atomic mass is 10.0. The van der Waals surface area contributed by atoms with Crippen LogP contribution in [0.25, 0.3) is 0 Å². The summed E-state index contributed by atoms with van der Waals surface area (Å²) in [6, 6.07) is 9.73. The van der Waals surface area contributed by atoms with Gasteiger partial charge < -0.3 is 14.3 Å². The highest BCUT2D eigenvalue weighted by molar-refractivity contribution is 6.00. The third-order valence-corrected chi connectivity index (χ3v) is 4.61. The molecule has 2 heterocycles. The van der Waals surface area contributed by atoms with Crippen LogP contribution in [0, 0.1) is 5.92 Å². The van der Waals surface area contributed by atoms with Crippen molar-refractivity contribution in [3.63, 3.8) is 0 Å². The van der Waals surface area contributed by atoms with Gasteiger partial charge in [0.2, 0.25) is 11.8 Å². The summed E-state index contributed by atoms with van der Waals surface area (Å²) < 4.78 is 4.79. The van der Waals surface area contributed by atoms with E-state index in [1.54, 1.807) is 22.9 Å². The van der Waals surface area contributed by atoms with Gasteiger partial charge in [0, 0.05) is 31.8 Å². The van der Waals surface area contributed by atoms with Crippen LogP contribution in [-0.4, -0.2) is 35.5 Å². The number of hydrogen-bond donors (Lipinski definition) is 0. The van der Waals surface area contributed by atoms with E-state index in [1.165, 1.54) is 11.8 Å². The minimum atomic E-state index is -0.325. The minimum Gasteiger partial charge on any atom is -0.364 e. The van der Waals surface area contributed by atoms with Crippen molar-refractivity contribution in [1.29, 1.82) is 0 Å². The highest BCUT2D eigenvalue weighted by Gasteiger charge is 2.36. The van der Waals surface area contributed by atoms with Gasteiger partial charge in [-0.25, -0.2) is 0 Å². The Kier molecular flexibility index (Phi) is 4.88. The van der Waals surface area contributed by atoms with Crippen molar-refractivity contribution in [2.24, 2.45) is 5.92 Å². The quantitative estimate of drug-likeness (QED) is 0.839. The van der Waals surface area contributed by atoms with Crippen LogP contribution in [-0.2, 0) is 16.1 Å². The molecule has 0 bridgehead atoms. The molecular formula is C19H23N3O3. The fraction of sp³-hybridized carbons (Fsp3) is 0.421. The molecule has 0 spiro atoms. The Morgan fingerprint density at radius 2 is 2.04 bits per heavy atom. The van der Waals surface area contributed by atoms with Crippen LogP contribution in [0.15, 0.2) is 41.1 Å². The summed E-state index contributed by atoms with van der Waals surface area (Å²) >= 11 is 0. The third-order valence-electron chi connectivity index (χ3n) is 4.61. The van der Waals surface area contributed by atoms with E-state index < -0.39 is 0 Å². The maximum Gasteiger partial charge on any atom is 0.228 e. The second kappa shape index (κ2) is 7.09. The van der Waals surface area contributed by atoms with Gasteiger partial charge in [0.1, 0.15) is 12.0 Å². The average Bonchev–Trinajstić information content (AvgIpc) is 3.23. The zero-order chi connectivity index (χ0) is 18.0. The second-order valence-corrected chi connectivity index (χ2v) is 6.84. The number of carbonyl (C=O) groups is 2. The highest BCUT2D eigenvalue weighted by atomic mass is 16.5. The first-order valence-corrected chi connectivity index (χ1v) is 8.50. The number of anilines is 1. The maximum atomic E-state index is 12.6. The van der Waals surface area contributed by atoms with Crippen molar-refractivity contribution in [3.8, 4) is 0 Å². The summed E-state index contributed by atoms with van der Waals surface area (Å²) in [6.07, 6.45) is 1.73. The Bertz CT molecular complexity index is 738. The van der Waals surface area contributed by atoms with Crippen molar-refractivity contribution in [2.75, 3.05) is 18.5 Å². The average molecular weight is 341 g/mol. The van der Waals surface area contributed by atoms with E-state index in [1.807, 2.05) is 24.3 Å². The van der Waals surface area contributed by atoms with Gasteiger partial charge >= 0.3 is 0 Å². The molecular weight excluding hydrogens is 318 g/mol. The number of rotatable bonds is 5. The zero-order valence-electron chi connectivity index (χ0n) is 14.8. The molecule has 6 heteroatoms. The molecule has 0 radical (unpaired) electrons. The molecule has 1 aliphatic rings. The summed E-state index contributed by atoms with van der Waals surface area (Å²) in [5.74, 6) is 0.0696. The first-order chi connectivity index (χ1) is 12.0. The lowest BCUT2D eigenvalue weighted by Gasteiger charge is -2.21. The summed E-state index contributed by atoms with van der Waals surface area (Å²) in [5.41, 5.74) is 2.78. The smallest absolute Gasteiger partial charge is 0.228 e. The number of carbonyl (C=O) groups excluding carboxylic acids is 2. The Labute approximate surface area is 147 Å². The van der Waals surface area contributed by atoms with Gasteiger partial charge in [0.15, 0.2) is 0 Å². The number of benzene rings is 1. The number of hydrogen-bond acceptors (Lipinski definition) is 4. The van der Waals surface area contributed by atoms with Gasteiger partial charge in [0.25, 0.3) is 0 Å². The van der Waals surface area contributed by atoms with Crippen LogP contribution in [0.5, 0.6) is 0 Å². The standard InChI is InChI=1S/C19H23N3O3/c1-13(2)14-4-6-17(7-5-14)22-11-15(10-18(22)23)19(24)21(3)12-16-8-9-25-20-16/h4-9,13,15H,10-12H2,1-3H3. The monoisotopic (exact) mass is 341 g/mol. The van der Waals surface area contributed by atoms with Gasteiger partial charge in [0.05, 0.1) is 12.5 Å². The van der Waals surface area contributed by atoms with Gasteiger partial charge in [-0.3, -0.25) is 9.59 Å².